The van der Waals surface area contributed by atoms with Crippen LogP contribution in [0.3, 0.4) is 0 Å². The first-order valence-corrected chi connectivity index (χ1v) is 12.4. The van der Waals surface area contributed by atoms with Crippen molar-refractivity contribution >= 4 is 35.5 Å². The first-order valence-electron chi connectivity index (χ1n) is 11.6. The molecule has 4 rings (SSSR count). The second-order valence-corrected chi connectivity index (χ2v) is 9.49. The van der Waals surface area contributed by atoms with E-state index in [4.69, 9.17) is 10.2 Å². The molecule has 1 saturated heterocycles. The van der Waals surface area contributed by atoms with Crippen molar-refractivity contribution in [1.29, 1.82) is 0 Å². The number of nitrogens with zero attached hydrogens (tertiary/aromatic N) is 2. The van der Waals surface area contributed by atoms with E-state index in [9.17, 15) is 9.59 Å². The normalized spacial score (nSPS) is 15.5. The maximum atomic E-state index is 9.55. The molecule has 2 aromatic rings. The van der Waals surface area contributed by atoms with Gasteiger partial charge in [-0.05, 0) is 55.3 Å². The predicted octanol–water partition coefficient (Wildman–Crippen LogP) is 4.95. The average Bonchev–Trinajstić information content (AvgIpc) is 2.99. The monoisotopic (exact) mass is 480 g/mol. The van der Waals surface area contributed by atoms with Gasteiger partial charge in [0.15, 0.2) is 0 Å². The number of benzene rings is 2. The van der Waals surface area contributed by atoms with E-state index in [0.29, 0.717) is 12.2 Å². The van der Waals surface area contributed by atoms with E-state index in [1.54, 1.807) is 0 Å². The van der Waals surface area contributed by atoms with Crippen LogP contribution in [0.4, 0.5) is 0 Å². The number of hydrogen-bond donors (Lipinski definition) is 2. The van der Waals surface area contributed by atoms with Crippen molar-refractivity contribution in [2.45, 2.75) is 36.0 Å². The summed E-state index contributed by atoms with van der Waals surface area (Å²) in [6.07, 6.45) is 7.23. The fourth-order valence-electron chi connectivity index (χ4n) is 3.89. The maximum absolute atomic E-state index is 9.55. The zero-order chi connectivity index (χ0) is 24.5. The minimum Gasteiger partial charge on any atom is -0.478 e. The third kappa shape index (κ3) is 7.23. The molecule has 2 N–H and O–H groups in total. The Morgan fingerprint density at radius 3 is 2.29 bits per heavy atom. The Bertz CT molecular complexity index is 1060. The van der Waals surface area contributed by atoms with Crippen LogP contribution in [0.25, 0.3) is 11.8 Å². The van der Waals surface area contributed by atoms with Gasteiger partial charge < -0.3 is 20.0 Å². The van der Waals surface area contributed by atoms with Gasteiger partial charge in [0.25, 0.3) is 0 Å². The van der Waals surface area contributed by atoms with E-state index in [-0.39, 0.29) is 0 Å². The van der Waals surface area contributed by atoms with Crippen LogP contribution in [0.15, 0.2) is 64.4 Å². The van der Waals surface area contributed by atoms with E-state index >= 15 is 0 Å². The minimum atomic E-state index is -1.26. The van der Waals surface area contributed by atoms with E-state index in [0.717, 1.165) is 26.2 Å². The number of carbonyl (C=O) groups is 2. The molecule has 2 aliphatic rings. The molecule has 0 amide bonds. The molecule has 6 nitrogen and oxygen atoms in total. The number of piperazine rings is 1. The fraction of sp³-hybridized carbons (Fsp3) is 0.333. The molecule has 0 aliphatic carbocycles. The molecule has 0 radical (unpaired) electrons. The topological polar surface area (TPSA) is 81.1 Å². The summed E-state index contributed by atoms with van der Waals surface area (Å²) in [5, 5.41) is 15.6. The molecule has 7 heteroatoms. The number of fused-ring (bicyclic) bond motifs is 2. The highest BCUT2D eigenvalue weighted by Crippen LogP contribution is 2.42. The lowest BCUT2D eigenvalue weighted by molar-refractivity contribution is -0.134. The van der Waals surface area contributed by atoms with Crippen molar-refractivity contribution in [3.8, 4) is 0 Å². The first kappa shape index (κ1) is 25.6. The van der Waals surface area contributed by atoms with Crippen molar-refractivity contribution in [2.75, 3.05) is 33.2 Å². The third-order valence-corrected chi connectivity index (χ3v) is 6.95. The molecule has 0 atom stereocenters. The first-order chi connectivity index (χ1) is 16.4. The van der Waals surface area contributed by atoms with Crippen LogP contribution in [0.2, 0.25) is 0 Å². The Kier molecular flexibility index (Phi) is 9.36. The Morgan fingerprint density at radius 2 is 1.65 bits per heavy atom. The number of carboxylic acids is 2. The van der Waals surface area contributed by atoms with Crippen LogP contribution in [0.5, 0.6) is 0 Å². The van der Waals surface area contributed by atoms with E-state index in [1.807, 2.05) is 11.8 Å². The van der Waals surface area contributed by atoms with Crippen molar-refractivity contribution in [1.82, 2.24) is 9.80 Å². The van der Waals surface area contributed by atoms with Crippen LogP contribution in [0, 0.1) is 0 Å². The van der Waals surface area contributed by atoms with Gasteiger partial charge in [-0.3, -0.25) is 0 Å². The highest BCUT2D eigenvalue weighted by Gasteiger charge is 2.23. The van der Waals surface area contributed by atoms with Crippen molar-refractivity contribution in [3.63, 3.8) is 0 Å². The quantitative estimate of drug-likeness (QED) is 0.566. The van der Waals surface area contributed by atoms with Gasteiger partial charge in [0.2, 0.25) is 0 Å². The minimum absolute atomic E-state index is 0.558. The molecule has 1 fully saturated rings. The second-order valence-electron chi connectivity index (χ2n) is 8.40. The molecule has 180 valence electrons. The Labute approximate surface area is 205 Å². The molecule has 0 aromatic heterocycles. The standard InChI is InChI=1S/C23H28N2S.C4H4O4/c1-3-4-7-18-10-11-23-20(16-18)21(25-14-12-24(2)13-15-25)17-19-8-5-6-9-22(19)26-23;5-3(6)1-2-4(7)8/h5-6,8-11,16-17H,3-4,7,12-15H2,1-2H3;1-2H,(H,5,6)(H,7,8)/b;2-1+. The van der Waals surface area contributed by atoms with Gasteiger partial charge >= 0.3 is 11.9 Å². The molecule has 2 aromatic carbocycles. The van der Waals surface area contributed by atoms with Crippen molar-refractivity contribution in [2.24, 2.45) is 0 Å². The summed E-state index contributed by atoms with van der Waals surface area (Å²) < 4.78 is 0. The van der Waals surface area contributed by atoms with E-state index in [2.05, 4.69) is 72.3 Å². The van der Waals surface area contributed by atoms with Crippen molar-refractivity contribution < 1.29 is 19.8 Å². The van der Waals surface area contributed by atoms with E-state index < -0.39 is 11.9 Å². The molecule has 2 aliphatic heterocycles. The number of unbranched alkanes of at least 4 members (excludes halogenated alkanes) is 1. The van der Waals surface area contributed by atoms with Gasteiger partial charge in [-0.15, -0.1) is 0 Å². The number of hydrogen-bond acceptors (Lipinski definition) is 5. The zero-order valence-corrected chi connectivity index (χ0v) is 20.6. The maximum Gasteiger partial charge on any atom is 0.328 e. The Morgan fingerprint density at radius 1 is 0.971 bits per heavy atom. The number of carboxylic acid groups (broad SMARTS) is 2. The summed E-state index contributed by atoms with van der Waals surface area (Å²) in [6, 6.07) is 15.9. The molecule has 0 spiro atoms. The lowest BCUT2D eigenvalue weighted by Gasteiger charge is -2.36. The van der Waals surface area contributed by atoms with Crippen LogP contribution < -0.4 is 0 Å². The predicted molar refractivity (Wildman–Crippen MR) is 137 cm³/mol. The third-order valence-electron chi connectivity index (χ3n) is 5.78. The number of aliphatic carboxylic acids is 2. The average molecular weight is 481 g/mol. The largest absolute Gasteiger partial charge is 0.478 e. The molecule has 0 unspecified atom stereocenters. The summed E-state index contributed by atoms with van der Waals surface area (Å²) in [5.41, 5.74) is 5.64. The van der Waals surface area contributed by atoms with Crippen molar-refractivity contribution in [3.05, 3.63) is 71.3 Å². The lowest BCUT2D eigenvalue weighted by atomic mass is 10.0. The zero-order valence-electron chi connectivity index (χ0n) is 19.7. The van der Waals surface area contributed by atoms with Gasteiger partial charge in [0.05, 0.1) is 0 Å². The highest BCUT2D eigenvalue weighted by atomic mass is 32.2. The summed E-state index contributed by atoms with van der Waals surface area (Å²) in [5.74, 6) is -2.51. The van der Waals surface area contributed by atoms with Gasteiger partial charge in [-0.2, -0.15) is 0 Å². The number of rotatable bonds is 6. The highest BCUT2D eigenvalue weighted by molar-refractivity contribution is 7.99. The van der Waals surface area contributed by atoms with Gasteiger partial charge in [-0.25, -0.2) is 9.59 Å². The molecule has 2 heterocycles. The molecular weight excluding hydrogens is 448 g/mol. The lowest BCUT2D eigenvalue weighted by Crippen LogP contribution is -2.43. The van der Waals surface area contributed by atoms with Crippen LogP contribution in [-0.4, -0.2) is 65.2 Å². The SMILES string of the molecule is CCCCc1ccc2c(c1)C(N1CCN(C)CC1)=Cc1ccccc1S2.O=C(O)/C=C/C(=O)O. The Balaban J connectivity index is 0.000000350. The smallest absolute Gasteiger partial charge is 0.328 e. The summed E-state index contributed by atoms with van der Waals surface area (Å²) in [4.78, 5) is 26.9. The number of likely N-dealkylation sites (N-methyl/N-ethyl adjacent to an activating group) is 1. The van der Waals surface area contributed by atoms with E-state index in [1.165, 1.54) is 51.4 Å². The van der Waals surface area contributed by atoms with Gasteiger partial charge in [-0.1, -0.05) is 49.4 Å². The van der Waals surface area contributed by atoms with Gasteiger partial charge in [0, 0.05) is 59.4 Å². The molecule has 0 saturated carbocycles. The summed E-state index contributed by atoms with van der Waals surface area (Å²) >= 11 is 1.92. The van der Waals surface area contributed by atoms with Crippen LogP contribution in [-0.2, 0) is 16.0 Å². The molecule has 34 heavy (non-hydrogen) atoms. The van der Waals surface area contributed by atoms with Crippen LogP contribution >= 0.6 is 11.8 Å². The number of aryl methyl sites for hydroxylation is 1. The second kappa shape index (κ2) is 12.4. The molecule has 0 bridgehead atoms. The fourth-order valence-corrected chi connectivity index (χ4v) is 4.93. The van der Waals surface area contributed by atoms with Crippen LogP contribution in [0.1, 0.15) is 36.5 Å². The summed E-state index contributed by atoms with van der Waals surface area (Å²) in [6.45, 7) is 6.75. The summed E-state index contributed by atoms with van der Waals surface area (Å²) in [7, 11) is 2.22. The Hall–Kier alpha value is -3.03. The molecular formula is C27H32N2O4S. The van der Waals surface area contributed by atoms with Gasteiger partial charge in [0.1, 0.15) is 0 Å².